The number of hydrogen-bond donors (Lipinski definition) is 0. The van der Waals surface area contributed by atoms with Crippen molar-refractivity contribution in [3.05, 3.63) is 48.5 Å². The largest absolute Gasteiger partial charge is 0.342 e. The number of likely N-dealkylation sites (tertiary alicyclic amines) is 2. The number of nitrogens with zero attached hydrogens (tertiary/aromatic N) is 5. The molecule has 2 aromatic heterocycles. The van der Waals surface area contributed by atoms with Crippen LogP contribution in [0.3, 0.4) is 0 Å². The lowest BCUT2D eigenvalue weighted by atomic mass is 9.99. The summed E-state index contributed by atoms with van der Waals surface area (Å²) in [4.78, 5) is 22.2. The first-order chi connectivity index (χ1) is 15.2. The number of rotatable bonds is 4. The van der Waals surface area contributed by atoms with Gasteiger partial charge in [-0.2, -0.15) is 5.10 Å². The van der Waals surface area contributed by atoms with Crippen LogP contribution in [-0.2, 0) is 18.3 Å². The minimum atomic E-state index is 0.201. The Hall–Kier alpha value is -2.73. The maximum absolute atomic E-state index is 12.9. The first-order valence-electron chi connectivity index (χ1n) is 11.6. The summed E-state index contributed by atoms with van der Waals surface area (Å²) in [5, 5.41) is 6.47. The SMILES string of the molecule is Cn1cc(-c2ccc3cnc(CC(=O)N4CCC(N5CCCCC5)CC4)cc3c2)cn1. The van der Waals surface area contributed by atoms with Gasteiger partial charge in [-0.25, -0.2) is 0 Å². The quantitative estimate of drug-likeness (QED) is 0.650. The number of pyridine rings is 1. The molecule has 31 heavy (non-hydrogen) atoms. The van der Waals surface area contributed by atoms with Crippen LogP contribution in [0.25, 0.3) is 21.9 Å². The van der Waals surface area contributed by atoms with Crippen LogP contribution in [-0.4, -0.2) is 62.7 Å². The average Bonchev–Trinajstić information content (AvgIpc) is 3.25. The van der Waals surface area contributed by atoms with Crippen molar-refractivity contribution in [1.82, 2.24) is 24.6 Å². The van der Waals surface area contributed by atoms with E-state index in [0.717, 1.165) is 53.5 Å². The Balaban J connectivity index is 1.24. The Morgan fingerprint density at radius 1 is 0.968 bits per heavy atom. The van der Waals surface area contributed by atoms with E-state index < -0.39 is 0 Å². The van der Waals surface area contributed by atoms with Crippen molar-refractivity contribution >= 4 is 16.7 Å². The summed E-state index contributed by atoms with van der Waals surface area (Å²) in [6.07, 6.45) is 12.4. The standard InChI is InChI=1S/C25H31N5O/c1-28-18-22(17-27-28)19-5-6-20-16-26-23(14-21(20)13-19)15-25(31)30-11-7-24(8-12-30)29-9-3-2-4-10-29/h5-6,13-14,16-18,24H,2-4,7-12,15H2,1H3. The van der Waals surface area contributed by atoms with Crippen LogP contribution >= 0.6 is 0 Å². The summed E-state index contributed by atoms with van der Waals surface area (Å²) in [6, 6.07) is 9.06. The molecular formula is C25H31N5O. The van der Waals surface area contributed by atoms with Crippen molar-refractivity contribution in [2.45, 2.75) is 44.6 Å². The van der Waals surface area contributed by atoms with E-state index in [-0.39, 0.29) is 5.91 Å². The van der Waals surface area contributed by atoms with E-state index in [4.69, 9.17) is 0 Å². The molecule has 2 fully saturated rings. The third kappa shape index (κ3) is 4.49. The molecule has 0 radical (unpaired) electrons. The maximum atomic E-state index is 12.9. The molecule has 0 spiro atoms. The van der Waals surface area contributed by atoms with E-state index in [1.165, 1.54) is 32.4 Å². The predicted octanol–water partition coefficient (Wildman–Crippen LogP) is 3.65. The van der Waals surface area contributed by atoms with Crippen LogP contribution in [0.5, 0.6) is 0 Å². The average molecular weight is 418 g/mol. The number of carbonyl (C=O) groups is 1. The van der Waals surface area contributed by atoms with Crippen molar-refractivity contribution in [2.75, 3.05) is 26.2 Å². The van der Waals surface area contributed by atoms with Gasteiger partial charge in [-0.1, -0.05) is 18.6 Å². The molecule has 1 aromatic carbocycles. The fourth-order valence-electron chi connectivity index (χ4n) is 5.06. The third-order valence-electron chi connectivity index (χ3n) is 6.87. The van der Waals surface area contributed by atoms with Crippen LogP contribution in [0.4, 0.5) is 0 Å². The summed E-state index contributed by atoms with van der Waals surface area (Å²) < 4.78 is 1.81. The summed E-state index contributed by atoms with van der Waals surface area (Å²) in [6.45, 7) is 4.22. The second kappa shape index (κ2) is 8.79. The number of aryl methyl sites for hydroxylation is 1. The first kappa shape index (κ1) is 20.2. The van der Waals surface area contributed by atoms with E-state index >= 15 is 0 Å². The van der Waals surface area contributed by atoms with Gasteiger partial charge in [-0.3, -0.25) is 14.5 Å². The van der Waals surface area contributed by atoms with Gasteiger partial charge in [0.15, 0.2) is 0 Å². The Bertz CT molecular complexity index is 1060. The highest BCUT2D eigenvalue weighted by molar-refractivity contribution is 5.88. The normalized spacial score (nSPS) is 18.5. The molecule has 0 aliphatic carbocycles. The summed E-state index contributed by atoms with van der Waals surface area (Å²) in [5.41, 5.74) is 3.07. The molecule has 4 heterocycles. The molecular weight excluding hydrogens is 386 g/mol. The van der Waals surface area contributed by atoms with Crippen LogP contribution < -0.4 is 0 Å². The molecule has 0 bridgehead atoms. The Kier molecular flexibility index (Phi) is 5.72. The number of carbonyl (C=O) groups excluding carboxylic acids is 1. The number of piperidine rings is 2. The topological polar surface area (TPSA) is 54.3 Å². The van der Waals surface area contributed by atoms with E-state index in [1.807, 2.05) is 35.2 Å². The summed E-state index contributed by atoms with van der Waals surface area (Å²) in [7, 11) is 1.92. The molecule has 162 valence electrons. The van der Waals surface area contributed by atoms with Gasteiger partial charge in [-0.15, -0.1) is 0 Å². The lowest BCUT2D eigenvalue weighted by Gasteiger charge is -2.40. The molecule has 1 amide bonds. The van der Waals surface area contributed by atoms with E-state index in [9.17, 15) is 4.79 Å². The van der Waals surface area contributed by atoms with Gasteiger partial charge in [0, 0.05) is 49.5 Å². The van der Waals surface area contributed by atoms with Crippen molar-refractivity contribution < 1.29 is 4.79 Å². The first-order valence-corrected chi connectivity index (χ1v) is 11.6. The Morgan fingerprint density at radius 3 is 2.52 bits per heavy atom. The van der Waals surface area contributed by atoms with Gasteiger partial charge in [0.05, 0.1) is 18.3 Å². The molecule has 5 rings (SSSR count). The smallest absolute Gasteiger partial charge is 0.228 e. The molecule has 6 heteroatoms. The van der Waals surface area contributed by atoms with Gasteiger partial charge >= 0.3 is 0 Å². The molecule has 0 saturated carbocycles. The Morgan fingerprint density at radius 2 is 1.77 bits per heavy atom. The molecule has 2 aliphatic rings. The predicted molar refractivity (Wildman–Crippen MR) is 123 cm³/mol. The Labute approximate surface area is 183 Å². The zero-order valence-corrected chi connectivity index (χ0v) is 18.3. The second-order valence-corrected chi connectivity index (χ2v) is 9.03. The van der Waals surface area contributed by atoms with Crippen molar-refractivity contribution in [1.29, 1.82) is 0 Å². The zero-order chi connectivity index (χ0) is 21.2. The van der Waals surface area contributed by atoms with Gasteiger partial charge < -0.3 is 9.80 Å². The van der Waals surface area contributed by atoms with Gasteiger partial charge in [0.25, 0.3) is 0 Å². The minimum Gasteiger partial charge on any atom is -0.342 e. The number of amides is 1. The maximum Gasteiger partial charge on any atom is 0.228 e. The van der Waals surface area contributed by atoms with Crippen LogP contribution in [0.2, 0.25) is 0 Å². The van der Waals surface area contributed by atoms with Crippen molar-refractivity contribution in [3.8, 4) is 11.1 Å². The monoisotopic (exact) mass is 417 g/mol. The molecule has 3 aromatic rings. The summed E-state index contributed by atoms with van der Waals surface area (Å²) in [5.74, 6) is 0.201. The van der Waals surface area contributed by atoms with Crippen LogP contribution in [0, 0.1) is 0 Å². The zero-order valence-electron chi connectivity index (χ0n) is 18.3. The van der Waals surface area contributed by atoms with Crippen molar-refractivity contribution in [3.63, 3.8) is 0 Å². The highest BCUT2D eigenvalue weighted by atomic mass is 16.2. The van der Waals surface area contributed by atoms with Gasteiger partial charge in [0.1, 0.15) is 0 Å². The number of aromatic nitrogens is 3. The number of benzene rings is 1. The molecule has 0 unspecified atom stereocenters. The molecule has 6 nitrogen and oxygen atoms in total. The lowest BCUT2D eigenvalue weighted by molar-refractivity contribution is -0.132. The fourth-order valence-corrected chi connectivity index (χ4v) is 5.06. The van der Waals surface area contributed by atoms with Gasteiger partial charge in [0.2, 0.25) is 5.91 Å². The van der Waals surface area contributed by atoms with Crippen LogP contribution in [0.15, 0.2) is 42.9 Å². The molecule has 0 atom stereocenters. The minimum absolute atomic E-state index is 0.201. The van der Waals surface area contributed by atoms with E-state index in [0.29, 0.717) is 12.5 Å². The number of hydrogen-bond acceptors (Lipinski definition) is 4. The van der Waals surface area contributed by atoms with Gasteiger partial charge in [-0.05, 0) is 61.9 Å². The van der Waals surface area contributed by atoms with Crippen molar-refractivity contribution in [2.24, 2.45) is 7.05 Å². The fraction of sp³-hybridized carbons (Fsp3) is 0.480. The highest BCUT2D eigenvalue weighted by Gasteiger charge is 2.27. The highest BCUT2D eigenvalue weighted by Crippen LogP contribution is 2.25. The second-order valence-electron chi connectivity index (χ2n) is 9.03. The third-order valence-corrected chi connectivity index (χ3v) is 6.87. The lowest BCUT2D eigenvalue weighted by Crippen LogP contribution is -2.48. The van der Waals surface area contributed by atoms with E-state index in [1.54, 1.807) is 0 Å². The molecule has 0 N–H and O–H groups in total. The molecule has 2 saturated heterocycles. The summed E-state index contributed by atoms with van der Waals surface area (Å²) >= 11 is 0. The number of fused-ring (bicyclic) bond motifs is 1. The molecule has 2 aliphatic heterocycles. The van der Waals surface area contributed by atoms with E-state index in [2.05, 4.69) is 39.2 Å². The van der Waals surface area contributed by atoms with Crippen LogP contribution in [0.1, 0.15) is 37.8 Å².